The summed E-state index contributed by atoms with van der Waals surface area (Å²) in [4.78, 5) is 32.4. The molecule has 2 unspecified atom stereocenters. The Bertz CT molecular complexity index is 833. The van der Waals surface area contributed by atoms with Crippen LogP contribution in [-0.4, -0.2) is 48.4 Å². The number of aliphatic hydroxyl groups excluding tert-OH is 2. The SMILES string of the molecule is Cn1cc([N+](=O)[O-])c(C(=O)NC(CO)C(O)c2ccc([N+](=O)[O-])cc2)n1. The molecule has 0 spiro atoms. The summed E-state index contributed by atoms with van der Waals surface area (Å²) >= 11 is 0. The molecule has 0 radical (unpaired) electrons. The van der Waals surface area contributed by atoms with Gasteiger partial charge < -0.3 is 15.5 Å². The molecule has 2 rings (SSSR count). The van der Waals surface area contributed by atoms with E-state index in [0.29, 0.717) is 0 Å². The quantitative estimate of drug-likeness (QED) is 0.456. The number of nitro groups is 2. The van der Waals surface area contributed by atoms with Crippen LogP contribution in [0.25, 0.3) is 0 Å². The molecule has 0 saturated carbocycles. The number of hydrogen-bond acceptors (Lipinski definition) is 8. The molecule has 0 aliphatic carbocycles. The van der Waals surface area contributed by atoms with Crippen molar-refractivity contribution >= 4 is 17.3 Å². The molecule has 2 aromatic rings. The number of non-ortho nitro benzene ring substituents is 1. The number of carbonyl (C=O) groups is 1. The Balaban J connectivity index is 2.19. The standard InChI is InChI=1S/C14H15N5O7/c1-17-6-11(19(25)26)12(16-17)14(22)15-10(7-20)13(21)8-2-4-9(5-3-8)18(23)24/h2-6,10,13,20-21H,7H2,1H3,(H,15,22). The molecule has 0 fully saturated rings. The second-order valence-electron chi connectivity index (χ2n) is 5.35. The zero-order chi connectivity index (χ0) is 19.4. The van der Waals surface area contributed by atoms with E-state index in [-0.39, 0.29) is 11.3 Å². The van der Waals surface area contributed by atoms with E-state index in [0.717, 1.165) is 10.9 Å². The zero-order valence-corrected chi connectivity index (χ0v) is 13.5. The normalized spacial score (nSPS) is 13.0. The number of hydrogen-bond donors (Lipinski definition) is 3. The maximum absolute atomic E-state index is 12.2. The second-order valence-corrected chi connectivity index (χ2v) is 5.35. The Labute approximate surface area is 146 Å². The monoisotopic (exact) mass is 365 g/mol. The van der Waals surface area contributed by atoms with Crippen LogP contribution in [0.5, 0.6) is 0 Å². The smallest absolute Gasteiger partial charge is 0.320 e. The minimum absolute atomic E-state index is 0.186. The van der Waals surface area contributed by atoms with Crippen molar-refractivity contribution in [3.05, 3.63) is 61.9 Å². The highest BCUT2D eigenvalue weighted by Crippen LogP contribution is 2.21. The van der Waals surface area contributed by atoms with Crippen molar-refractivity contribution in [3.8, 4) is 0 Å². The summed E-state index contributed by atoms with van der Waals surface area (Å²) < 4.78 is 1.09. The van der Waals surface area contributed by atoms with Gasteiger partial charge in [-0.15, -0.1) is 0 Å². The van der Waals surface area contributed by atoms with Gasteiger partial charge >= 0.3 is 5.69 Å². The minimum Gasteiger partial charge on any atom is -0.394 e. The molecule has 1 amide bonds. The van der Waals surface area contributed by atoms with Gasteiger partial charge in [0.15, 0.2) is 0 Å². The van der Waals surface area contributed by atoms with Gasteiger partial charge in [-0.05, 0) is 17.7 Å². The zero-order valence-electron chi connectivity index (χ0n) is 13.5. The van der Waals surface area contributed by atoms with Crippen molar-refractivity contribution in [1.82, 2.24) is 15.1 Å². The molecule has 0 aliphatic rings. The summed E-state index contributed by atoms with van der Waals surface area (Å²) in [5.41, 5.74) is -0.960. The van der Waals surface area contributed by atoms with E-state index < -0.39 is 45.9 Å². The molecule has 1 heterocycles. The lowest BCUT2D eigenvalue weighted by Gasteiger charge is -2.22. The number of nitrogens with zero attached hydrogens (tertiary/aromatic N) is 4. The van der Waals surface area contributed by atoms with E-state index >= 15 is 0 Å². The fourth-order valence-electron chi connectivity index (χ4n) is 2.26. The number of amides is 1. The van der Waals surface area contributed by atoms with Gasteiger partial charge in [0.05, 0.1) is 22.5 Å². The molecule has 1 aromatic heterocycles. The van der Waals surface area contributed by atoms with Crippen molar-refractivity contribution < 1.29 is 24.9 Å². The van der Waals surface area contributed by atoms with E-state index in [4.69, 9.17) is 0 Å². The first kappa shape index (κ1) is 19.0. The van der Waals surface area contributed by atoms with Crippen LogP contribution in [0.4, 0.5) is 11.4 Å². The highest BCUT2D eigenvalue weighted by Gasteiger charge is 2.29. The Morgan fingerprint density at radius 2 is 1.88 bits per heavy atom. The van der Waals surface area contributed by atoms with Gasteiger partial charge in [0.25, 0.3) is 11.6 Å². The number of nitrogens with one attached hydrogen (secondary N) is 1. The van der Waals surface area contributed by atoms with Gasteiger partial charge in [0.2, 0.25) is 5.69 Å². The highest BCUT2D eigenvalue weighted by atomic mass is 16.6. The summed E-state index contributed by atoms with van der Waals surface area (Å²) in [7, 11) is 1.40. The second kappa shape index (κ2) is 7.67. The Kier molecular flexibility index (Phi) is 5.59. The third kappa shape index (κ3) is 3.99. The van der Waals surface area contributed by atoms with Crippen LogP contribution in [0.2, 0.25) is 0 Å². The number of benzene rings is 1. The molecule has 2 atom stereocenters. The van der Waals surface area contributed by atoms with E-state index in [1.165, 1.54) is 31.3 Å². The summed E-state index contributed by atoms with van der Waals surface area (Å²) in [5, 5.41) is 47.3. The Morgan fingerprint density at radius 3 is 2.38 bits per heavy atom. The lowest BCUT2D eigenvalue weighted by Crippen LogP contribution is -2.42. The van der Waals surface area contributed by atoms with Crippen molar-refractivity contribution in [2.45, 2.75) is 12.1 Å². The van der Waals surface area contributed by atoms with Gasteiger partial charge in [0.1, 0.15) is 12.3 Å². The number of rotatable bonds is 7. The first-order valence-electron chi connectivity index (χ1n) is 7.26. The average molecular weight is 365 g/mol. The minimum atomic E-state index is -1.40. The summed E-state index contributed by atoms with van der Waals surface area (Å²) in [6.45, 7) is -0.676. The molecule has 0 bridgehead atoms. The van der Waals surface area contributed by atoms with E-state index in [1.807, 2.05) is 0 Å². The molecule has 0 saturated heterocycles. The van der Waals surface area contributed by atoms with Crippen LogP contribution in [0, 0.1) is 20.2 Å². The van der Waals surface area contributed by atoms with Gasteiger partial charge in [-0.1, -0.05) is 0 Å². The lowest BCUT2D eigenvalue weighted by atomic mass is 10.0. The first-order chi connectivity index (χ1) is 12.2. The van der Waals surface area contributed by atoms with Crippen molar-refractivity contribution in [1.29, 1.82) is 0 Å². The largest absolute Gasteiger partial charge is 0.394 e. The summed E-state index contributed by atoms with van der Waals surface area (Å²) in [6, 6.07) is 3.68. The number of carbonyl (C=O) groups excluding carboxylic acids is 1. The topological polar surface area (TPSA) is 174 Å². The molecule has 26 heavy (non-hydrogen) atoms. The van der Waals surface area contributed by atoms with Gasteiger partial charge in [-0.25, -0.2) is 0 Å². The molecule has 3 N–H and O–H groups in total. The molecule has 12 heteroatoms. The molecular formula is C14H15N5O7. The van der Waals surface area contributed by atoms with Crippen LogP contribution in [0.1, 0.15) is 22.2 Å². The number of aromatic nitrogens is 2. The van der Waals surface area contributed by atoms with Crippen LogP contribution < -0.4 is 5.32 Å². The fraction of sp³-hybridized carbons (Fsp3) is 0.286. The number of aryl methyl sites for hydroxylation is 1. The Hall–Kier alpha value is -3.38. The molecule has 1 aromatic carbocycles. The maximum atomic E-state index is 12.2. The molecule has 138 valence electrons. The third-order valence-corrected chi connectivity index (χ3v) is 3.56. The number of aliphatic hydroxyl groups is 2. The van der Waals surface area contributed by atoms with Gasteiger partial charge in [0, 0.05) is 19.2 Å². The first-order valence-corrected chi connectivity index (χ1v) is 7.26. The number of nitro benzene ring substituents is 1. The summed E-state index contributed by atoms with van der Waals surface area (Å²) in [5.74, 6) is -0.947. The third-order valence-electron chi connectivity index (χ3n) is 3.56. The average Bonchev–Trinajstić information content (AvgIpc) is 3.01. The van der Waals surface area contributed by atoms with Crippen molar-refractivity contribution in [2.75, 3.05) is 6.61 Å². The maximum Gasteiger partial charge on any atom is 0.320 e. The van der Waals surface area contributed by atoms with Crippen molar-refractivity contribution in [3.63, 3.8) is 0 Å². The fourth-order valence-corrected chi connectivity index (χ4v) is 2.26. The van der Waals surface area contributed by atoms with Crippen LogP contribution in [0.3, 0.4) is 0 Å². The summed E-state index contributed by atoms with van der Waals surface area (Å²) in [6.07, 6.45) is -0.345. The van der Waals surface area contributed by atoms with Crippen LogP contribution >= 0.6 is 0 Å². The highest BCUT2D eigenvalue weighted by molar-refractivity contribution is 5.96. The Morgan fingerprint density at radius 1 is 1.27 bits per heavy atom. The van der Waals surface area contributed by atoms with E-state index in [9.17, 15) is 35.2 Å². The van der Waals surface area contributed by atoms with E-state index in [1.54, 1.807) is 0 Å². The predicted molar refractivity (Wildman–Crippen MR) is 86.3 cm³/mol. The van der Waals surface area contributed by atoms with Crippen LogP contribution in [0.15, 0.2) is 30.5 Å². The van der Waals surface area contributed by atoms with Gasteiger partial charge in [-0.3, -0.25) is 29.7 Å². The predicted octanol–water partition coefficient (Wildman–Crippen LogP) is 0.0608. The molecular weight excluding hydrogens is 350 g/mol. The lowest BCUT2D eigenvalue weighted by molar-refractivity contribution is -0.385. The van der Waals surface area contributed by atoms with E-state index in [2.05, 4.69) is 10.4 Å². The molecule has 12 nitrogen and oxygen atoms in total. The van der Waals surface area contributed by atoms with Crippen LogP contribution in [-0.2, 0) is 7.05 Å². The van der Waals surface area contributed by atoms with Gasteiger partial charge in [-0.2, -0.15) is 5.10 Å². The van der Waals surface area contributed by atoms with Crippen molar-refractivity contribution in [2.24, 2.45) is 7.05 Å². The molecule has 0 aliphatic heterocycles.